The molecular formula is C14H15N5OS. The minimum Gasteiger partial charge on any atom is -0.494 e. The van der Waals surface area contributed by atoms with E-state index in [4.69, 9.17) is 4.74 Å². The molecule has 21 heavy (non-hydrogen) atoms. The Bertz CT molecular complexity index is 707. The number of rotatable bonds is 3. The number of para-hydroxylation sites is 2. The van der Waals surface area contributed by atoms with Gasteiger partial charge >= 0.3 is 0 Å². The predicted octanol–water partition coefficient (Wildman–Crippen LogP) is 2.16. The van der Waals surface area contributed by atoms with Crippen molar-refractivity contribution in [1.82, 2.24) is 15.2 Å². The van der Waals surface area contributed by atoms with E-state index in [0.717, 1.165) is 33.6 Å². The van der Waals surface area contributed by atoms with Gasteiger partial charge in [-0.15, -0.1) is 0 Å². The molecule has 0 saturated carbocycles. The fourth-order valence-electron chi connectivity index (χ4n) is 1.92. The van der Waals surface area contributed by atoms with E-state index in [9.17, 15) is 0 Å². The first-order chi connectivity index (χ1) is 10.3. The number of aromatic nitrogens is 2. The number of amidine groups is 1. The molecule has 1 aliphatic heterocycles. The lowest BCUT2D eigenvalue weighted by atomic mass is 10.2. The summed E-state index contributed by atoms with van der Waals surface area (Å²) < 4.78 is 7.05. The molecule has 6 nitrogen and oxygen atoms in total. The van der Waals surface area contributed by atoms with Crippen LogP contribution in [0.4, 0.5) is 5.69 Å². The summed E-state index contributed by atoms with van der Waals surface area (Å²) in [6, 6.07) is 7.65. The van der Waals surface area contributed by atoms with Crippen LogP contribution in [0.25, 0.3) is 0 Å². The molecule has 1 aromatic carbocycles. The summed E-state index contributed by atoms with van der Waals surface area (Å²) in [7, 11) is 3.53. The van der Waals surface area contributed by atoms with Crippen molar-refractivity contribution in [3.05, 3.63) is 42.2 Å². The molecule has 0 aliphatic carbocycles. The number of aliphatic imine (C=N–C) groups is 1. The molecule has 1 N–H and O–H groups in total. The minimum absolute atomic E-state index is 0.745. The molecule has 0 spiro atoms. The van der Waals surface area contributed by atoms with Gasteiger partial charge in [0.1, 0.15) is 11.4 Å². The number of thioether (sulfide) groups is 1. The maximum Gasteiger partial charge on any atom is 0.182 e. The van der Waals surface area contributed by atoms with Crippen molar-refractivity contribution in [3.63, 3.8) is 0 Å². The fourth-order valence-corrected chi connectivity index (χ4v) is 2.70. The number of nitrogens with one attached hydrogen (secondary N) is 1. The smallest absolute Gasteiger partial charge is 0.182 e. The number of hydrogen-bond acceptors (Lipinski definition) is 5. The van der Waals surface area contributed by atoms with Crippen LogP contribution >= 0.6 is 11.8 Å². The number of methoxy groups -OCH3 is 1. The van der Waals surface area contributed by atoms with Crippen LogP contribution < -0.4 is 10.2 Å². The molecular weight excluding hydrogens is 286 g/mol. The highest BCUT2D eigenvalue weighted by molar-refractivity contribution is 8.14. The second-order valence-electron chi connectivity index (χ2n) is 4.45. The van der Waals surface area contributed by atoms with Crippen molar-refractivity contribution in [1.29, 1.82) is 0 Å². The Morgan fingerprint density at radius 3 is 2.90 bits per heavy atom. The van der Waals surface area contributed by atoms with Gasteiger partial charge in [0.25, 0.3) is 0 Å². The second kappa shape index (κ2) is 6.01. The maximum absolute atomic E-state index is 5.29. The molecule has 0 radical (unpaired) electrons. The third-order valence-electron chi connectivity index (χ3n) is 2.98. The number of hydrazone groups is 1. The predicted molar refractivity (Wildman–Crippen MR) is 85.4 cm³/mol. The van der Waals surface area contributed by atoms with E-state index >= 15 is 0 Å². The van der Waals surface area contributed by atoms with Gasteiger partial charge in [-0.05, 0) is 12.1 Å². The first-order valence-corrected chi connectivity index (χ1v) is 7.41. The summed E-state index contributed by atoms with van der Waals surface area (Å²) in [5.41, 5.74) is 5.76. The quantitative estimate of drug-likeness (QED) is 0.943. The number of benzene rings is 1. The molecule has 7 heteroatoms. The van der Waals surface area contributed by atoms with Crippen LogP contribution in [0.3, 0.4) is 0 Å². The number of hydrogen-bond donors (Lipinski definition) is 1. The molecule has 3 rings (SSSR count). The molecule has 0 fully saturated rings. The van der Waals surface area contributed by atoms with Gasteiger partial charge in [-0.1, -0.05) is 23.9 Å². The van der Waals surface area contributed by atoms with Gasteiger partial charge in [-0.3, -0.25) is 10.1 Å². The summed E-state index contributed by atoms with van der Waals surface area (Å²) in [4.78, 5) is 4.54. The van der Waals surface area contributed by atoms with E-state index in [1.54, 1.807) is 23.6 Å². The molecule has 2 aromatic rings. The van der Waals surface area contributed by atoms with Crippen molar-refractivity contribution in [3.8, 4) is 5.75 Å². The minimum atomic E-state index is 0.745. The highest BCUT2D eigenvalue weighted by atomic mass is 32.2. The lowest BCUT2D eigenvalue weighted by Gasteiger charge is -2.14. The zero-order valence-electron chi connectivity index (χ0n) is 11.8. The Balaban J connectivity index is 1.78. The normalized spacial score (nSPS) is 16.5. The zero-order chi connectivity index (χ0) is 14.7. The van der Waals surface area contributed by atoms with E-state index in [2.05, 4.69) is 20.6 Å². The van der Waals surface area contributed by atoms with Crippen molar-refractivity contribution in [2.24, 2.45) is 17.1 Å². The summed E-state index contributed by atoms with van der Waals surface area (Å²) in [5.74, 6) is 1.50. The second-order valence-corrected chi connectivity index (χ2v) is 5.41. The van der Waals surface area contributed by atoms with Crippen LogP contribution in [-0.2, 0) is 7.05 Å². The monoisotopic (exact) mass is 301 g/mol. The molecule has 0 saturated heterocycles. The van der Waals surface area contributed by atoms with Gasteiger partial charge in [0, 0.05) is 24.6 Å². The maximum atomic E-state index is 5.29. The first-order valence-electron chi connectivity index (χ1n) is 6.42. The molecule has 108 valence electrons. The highest BCUT2D eigenvalue weighted by Gasteiger charge is 2.14. The molecule has 0 atom stereocenters. The fraction of sp³-hybridized carbons (Fsp3) is 0.214. The molecule has 1 aliphatic rings. The van der Waals surface area contributed by atoms with Crippen LogP contribution in [0, 0.1) is 0 Å². The lowest BCUT2D eigenvalue weighted by molar-refractivity contribution is 0.416. The van der Waals surface area contributed by atoms with Crippen LogP contribution in [-0.4, -0.2) is 33.5 Å². The highest BCUT2D eigenvalue weighted by Crippen LogP contribution is 2.28. The Morgan fingerprint density at radius 2 is 2.24 bits per heavy atom. The third kappa shape index (κ3) is 3.08. The van der Waals surface area contributed by atoms with Gasteiger partial charge in [0.15, 0.2) is 5.17 Å². The van der Waals surface area contributed by atoms with Crippen LogP contribution in [0.5, 0.6) is 5.75 Å². The van der Waals surface area contributed by atoms with Crippen molar-refractivity contribution >= 4 is 28.3 Å². The van der Waals surface area contributed by atoms with Crippen LogP contribution in [0.1, 0.15) is 5.56 Å². The number of ether oxygens (including phenoxy) is 1. The molecule has 0 unspecified atom stereocenters. The Hall–Kier alpha value is -2.28. The average Bonchev–Trinajstić information content (AvgIpc) is 2.95. The van der Waals surface area contributed by atoms with Crippen LogP contribution in [0.2, 0.25) is 0 Å². The van der Waals surface area contributed by atoms with Gasteiger partial charge in [0.2, 0.25) is 0 Å². The van der Waals surface area contributed by atoms with Crippen LogP contribution in [0.15, 0.2) is 46.8 Å². The SMILES string of the molecule is COc1ccccc1N=C1NN=C(c2cnn(C)c2)CS1. The average molecular weight is 301 g/mol. The number of aryl methyl sites for hydroxylation is 1. The van der Waals surface area contributed by atoms with Gasteiger partial charge in [0.05, 0.1) is 19.0 Å². The molecule has 1 aromatic heterocycles. The zero-order valence-corrected chi connectivity index (χ0v) is 12.6. The van der Waals surface area contributed by atoms with Crippen molar-refractivity contribution < 1.29 is 4.74 Å². The Morgan fingerprint density at radius 1 is 1.38 bits per heavy atom. The van der Waals surface area contributed by atoms with E-state index in [1.165, 1.54) is 0 Å². The van der Waals surface area contributed by atoms with E-state index in [-0.39, 0.29) is 0 Å². The van der Waals surface area contributed by atoms with Gasteiger partial charge in [-0.25, -0.2) is 4.99 Å². The largest absolute Gasteiger partial charge is 0.494 e. The van der Waals surface area contributed by atoms with E-state index in [0.29, 0.717) is 0 Å². The standard InChI is InChI=1S/C14H15N5OS/c1-19-8-10(7-15-19)12-9-21-14(18-17-12)16-11-5-3-4-6-13(11)20-2/h3-8H,9H2,1-2H3,(H,16,18). The molecule has 0 bridgehead atoms. The Kier molecular flexibility index (Phi) is 3.92. The summed E-state index contributed by atoms with van der Waals surface area (Å²) in [6.45, 7) is 0. The van der Waals surface area contributed by atoms with Gasteiger partial charge < -0.3 is 4.74 Å². The third-order valence-corrected chi connectivity index (χ3v) is 3.85. The Labute approximate surface area is 126 Å². The van der Waals surface area contributed by atoms with Crippen molar-refractivity contribution in [2.45, 2.75) is 0 Å². The number of nitrogens with zero attached hydrogens (tertiary/aromatic N) is 4. The summed E-state index contributed by atoms with van der Waals surface area (Å²) >= 11 is 1.60. The topological polar surface area (TPSA) is 63.8 Å². The molecule has 0 amide bonds. The first kappa shape index (κ1) is 13.7. The lowest BCUT2D eigenvalue weighted by Crippen LogP contribution is -2.25. The summed E-state index contributed by atoms with van der Waals surface area (Å²) in [6.07, 6.45) is 3.76. The van der Waals surface area contributed by atoms with Gasteiger partial charge in [-0.2, -0.15) is 10.2 Å². The van der Waals surface area contributed by atoms with Crippen molar-refractivity contribution in [2.75, 3.05) is 12.9 Å². The van der Waals surface area contributed by atoms with E-state index in [1.807, 2.05) is 43.7 Å². The molecule has 2 heterocycles. The summed E-state index contributed by atoms with van der Waals surface area (Å²) in [5, 5.41) is 9.28. The van der Waals surface area contributed by atoms with E-state index < -0.39 is 0 Å².